The van der Waals surface area contributed by atoms with E-state index in [1.54, 1.807) is 16.9 Å². The van der Waals surface area contributed by atoms with Crippen LogP contribution in [0.25, 0.3) is 5.52 Å². The average molecular weight is 331 g/mol. The van der Waals surface area contributed by atoms with E-state index in [1.807, 2.05) is 18.2 Å². The van der Waals surface area contributed by atoms with E-state index in [0.29, 0.717) is 0 Å². The SMILES string of the molecule is O=C(NCc1cnn2ccccc12)c1cc(Cl)ccc1[N+](=O)[O-]. The molecule has 2 heterocycles. The molecule has 0 aliphatic carbocycles. The van der Waals surface area contributed by atoms with Gasteiger partial charge in [0, 0.05) is 29.4 Å². The van der Waals surface area contributed by atoms with Crippen LogP contribution in [-0.2, 0) is 6.54 Å². The summed E-state index contributed by atoms with van der Waals surface area (Å²) < 4.78 is 1.68. The second kappa shape index (κ2) is 6.05. The number of carbonyl (C=O) groups excluding carboxylic acids is 1. The lowest BCUT2D eigenvalue weighted by Crippen LogP contribution is -2.23. The summed E-state index contributed by atoms with van der Waals surface area (Å²) in [4.78, 5) is 22.7. The summed E-state index contributed by atoms with van der Waals surface area (Å²) in [6.45, 7) is 0.204. The van der Waals surface area contributed by atoms with Gasteiger partial charge in [0.15, 0.2) is 0 Å². The van der Waals surface area contributed by atoms with Crippen LogP contribution in [0.1, 0.15) is 15.9 Å². The number of hydrogen-bond acceptors (Lipinski definition) is 4. The Labute approximate surface area is 135 Å². The largest absolute Gasteiger partial charge is 0.348 e. The molecule has 1 aromatic carbocycles. The third kappa shape index (κ3) is 3.00. The van der Waals surface area contributed by atoms with Crippen molar-refractivity contribution in [2.75, 3.05) is 0 Å². The molecule has 1 amide bonds. The van der Waals surface area contributed by atoms with Crippen molar-refractivity contribution in [2.24, 2.45) is 0 Å². The number of rotatable bonds is 4. The molecule has 0 unspecified atom stereocenters. The van der Waals surface area contributed by atoms with Gasteiger partial charge in [-0.2, -0.15) is 5.10 Å². The van der Waals surface area contributed by atoms with Gasteiger partial charge in [-0.1, -0.05) is 17.7 Å². The van der Waals surface area contributed by atoms with Crippen LogP contribution in [0.2, 0.25) is 5.02 Å². The first-order valence-electron chi connectivity index (χ1n) is 6.69. The normalized spacial score (nSPS) is 10.7. The molecule has 0 radical (unpaired) electrons. The van der Waals surface area contributed by atoms with Crippen molar-refractivity contribution in [1.82, 2.24) is 14.9 Å². The molecule has 23 heavy (non-hydrogen) atoms. The molecule has 0 aliphatic rings. The van der Waals surface area contributed by atoms with E-state index in [2.05, 4.69) is 10.4 Å². The second-order valence-corrected chi connectivity index (χ2v) is 5.24. The van der Waals surface area contributed by atoms with E-state index < -0.39 is 10.8 Å². The van der Waals surface area contributed by atoms with Crippen LogP contribution in [0, 0.1) is 10.1 Å². The zero-order valence-electron chi connectivity index (χ0n) is 11.8. The van der Waals surface area contributed by atoms with Gasteiger partial charge in [-0.15, -0.1) is 0 Å². The number of aromatic nitrogens is 2. The van der Waals surface area contributed by atoms with Crippen LogP contribution in [0.5, 0.6) is 0 Å². The summed E-state index contributed by atoms with van der Waals surface area (Å²) in [7, 11) is 0. The molecule has 0 aliphatic heterocycles. The number of fused-ring (bicyclic) bond motifs is 1. The van der Waals surface area contributed by atoms with Crippen LogP contribution in [0.4, 0.5) is 5.69 Å². The van der Waals surface area contributed by atoms with Crippen molar-refractivity contribution in [3.63, 3.8) is 0 Å². The van der Waals surface area contributed by atoms with E-state index in [0.717, 1.165) is 11.1 Å². The van der Waals surface area contributed by atoms with E-state index in [9.17, 15) is 14.9 Å². The van der Waals surface area contributed by atoms with E-state index in [1.165, 1.54) is 18.2 Å². The van der Waals surface area contributed by atoms with Gasteiger partial charge in [-0.3, -0.25) is 14.9 Å². The highest BCUT2D eigenvalue weighted by atomic mass is 35.5. The number of nitrogens with zero attached hydrogens (tertiary/aromatic N) is 3. The molecule has 0 atom stereocenters. The number of halogens is 1. The molecule has 0 saturated carbocycles. The Morgan fingerprint density at radius 2 is 2.17 bits per heavy atom. The van der Waals surface area contributed by atoms with E-state index in [4.69, 9.17) is 11.6 Å². The maximum atomic E-state index is 12.3. The van der Waals surface area contributed by atoms with Crippen molar-refractivity contribution in [3.8, 4) is 0 Å². The van der Waals surface area contributed by atoms with Crippen molar-refractivity contribution in [1.29, 1.82) is 0 Å². The molecule has 0 spiro atoms. The fourth-order valence-corrected chi connectivity index (χ4v) is 2.42. The first-order chi connectivity index (χ1) is 11.1. The first-order valence-corrected chi connectivity index (χ1v) is 7.07. The molecule has 0 bridgehead atoms. The van der Waals surface area contributed by atoms with Crippen LogP contribution in [0.15, 0.2) is 48.8 Å². The van der Waals surface area contributed by atoms with Crippen LogP contribution in [0.3, 0.4) is 0 Å². The lowest BCUT2D eigenvalue weighted by molar-refractivity contribution is -0.385. The predicted octanol–water partition coefficient (Wildman–Crippen LogP) is 2.83. The Kier molecular flexibility index (Phi) is 3.94. The number of nitro benzene ring substituents is 1. The number of amides is 1. The number of nitro groups is 1. The average Bonchev–Trinajstić information content (AvgIpc) is 2.95. The van der Waals surface area contributed by atoms with Crippen LogP contribution >= 0.6 is 11.6 Å². The minimum Gasteiger partial charge on any atom is -0.348 e. The number of carbonyl (C=O) groups is 1. The summed E-state index contributed by atoms with van der Waals surface area (Å²) in [6, 6.07) is 9.46. The minimum absolute atomic E-state index is 0.0704. The molecule has 7 nitrogen and oxygen atoms in total. The maximum Gasteiger partial charge on any atom is 0.282 e. The van der Waals surface area contributed by atoms with Crippen molar-refractivity contribution in [3.05, 3.63) is 75.1 Å². The Morgan fingerprint density at radius 1 is 1.35 bits per heavy atom. The number of hydrogen-bond donors (Lipinski definition) is 1. The Morgan fingerprint density at radius 3 is 2.96 bits per heavy atom. The fourth-order valence-electron chi connectivity index (χ4n) is 2.24. The van der Waals surface area contributed by atoms with Gasteiger partial charge in [-0.05, 0) is 24.3 Å². The van der Waals surface area contributed by atoms with Gasteiger partial charge in [0.05, 0.1) is 16.6 Å². The van der Waals surface area contributed by atoms with Crippen molar-refractivity contribution in [2.45, 2.75) is 6.54 Å². The van der Waals surface area contributed by atoms with Crippen molar-refractivity contribution >= 4 is 28.7 Å². The maximum absolute atomic E-state index is 12.3. The summed E-state index contributed by atoms with van der Waals surface area (Å²) in [6.07, 6.45) is 3.43. The van der Waals surface area contributed by atoms with E-state index in [-0.39, 0.29) is 22.8 Å². The minimum atomic E-state index is -0.611. The third-order valence-corrected chi connectivity index (χ3v) is 3.58. The molecule has 2 aromatic heterocycles. The van der Waals surface area contributed by atoms with Gasteiger partial charge in [0.2, 0.25) is 0 Å². The predicted molar refractivity (Wildman–Crippen MR) is 84.5 cm³/mol. The Bertz CT molecular complexity index is 907. The number of pyridine rings is 1. The van der Waals surface area contributed by atoms with Gasteiger partial charge >= 0.3 is 0 Å². The smallest absolute Gasteiger partial charge is 0.282 e. The highest BCUT2D eigenvalue weighted by molar-refractivity contribution is 6.31. The lowest BCUT2D eigenvalue weighted by atomic mass is 10.1. The summed E-state index contributed by atoms with van der Waals surface area (Å²) in [5.74, 6) is -0.561. The molecular weight excluding hydrogens is 320 g/mol. The molecular formula is C15H11ClN4O3. The molecule has 3 rings (SSSR count). The number of benzene rings is 1. The highest BCUT2D eigenvalue weighted by Crippen LogP contribution is 2.22. The molecule has 0 fully saturated rings. The van der Waals surface area contributed by atoms with E-state index >= 15 is 0 Å². The van der Waals surface area contributed by atoms with Crippen LogP contribution in [-0.4, -0.2) is 20.4 Å². The quantitative estimate of drug-likeness (QED) is 0.588. The zero-order valence-corrected chi connectivity index (χ0v) is 12.5. The van der Waals surface area contributed by atoms with Crippen LogP contribution < -0.4 is 5.32 Å². The summed E-state index contributed by atoms with van der Waals surface area (Å²) in [5, 5.41) is 18.1. The molecule has 1 N–H and O–H groups in total. The molecule has 0 saturated heterocycles. The summed E-state index contributed by atoms with van der Waals surface area (Å²) >= 11 is 5.83. The molecule has 8 heteroatoms. The van der Waals surface area contributed by atoms with Gasteiger partial charge in [-0.25, -0.2) is 4.52 Å². The monoisotopic (exact) mass is 330 g/mol. The topological polar surface area (TPSA) is 89.5 Å². The third-order valence-electron chi connectivity index (χ3n) is 3.35. The Hall–Kier alpha value is -2.93. The lowest BCUT2D eigenvalue weighted by Gasteiger charge is -2.05. The van der Waals surface area contributed by atoms with Crippen molar-refractivity contribution < 1.29 is 9.72 Å². The number of nitrogens with one attached hydrogen (secondary N) is 1. The molecule has 116 valence electrons. The van der Waals surface area contributed by atoms with Gasteiger partial charge in [0.25, 0.3) is 11.6 Å². The fraction of sp³-hybridized carbons (Fsp3) is 0.0667. The summed E-state index contributed by atoms with van der Waals surface area (Å²) in [5.41, 5.74) is 1.31. The highest BCUT2D eigenvalue weighted by Gasteiger charge is 2.20. The molecule has 3 aromatic rings. The van der Waals surface area contributed by atoms with Gasteiger partial charge < -0.3 is 5.32 Å². The first kappa shape index (κ1) is 15.0. The van der Waals surface area contributed by atoms with Gasteiger partial charge in [0.1, 0.15) is 5.56 Å². The Balaban J connectivity index is 1.83. The second-order valence-electron chi connectivity index (χ2n) is 4.80. The standard InChI is InChI=1S/C15H11ClN4O3/c16-11-4-5-14(20(22)23)12(7-11)15(21)17-8-10-9-18-19-6-2-1-3-13(10)19/h1-7,9H,8H2,(H,17,21). The zero-order chi connectivity index (χ0) is 16.4.